The Labute approximate surface area is 229 Å². The van der Waals surface area contributed by atoms with Gasteiger partial charge >= 0.3 is 6.03 Å². The molecule has 1 N–H and O–H groups in total. The smallest absolute Gasteiger partial charge is 0.335 e. The van der Waals surface area contributed by atoms with Crippen LogP contribution in [0.2, 0.25) is 15.1 Å². The van der Waals surface area contributed by atoms with E-state index < -0.39 is 17.8 Å². The lowest BCUT2D eigenvalue weighted by molar-refractivity contribution is -0.122. The number of amides is 4. The van der Waals surface area contributed by atoms with Crippen LogP contribution >= 0.6 is 50.7 Å². The van der Waals surface area contributed by atoms with E-state index in [0.29, 0.717) is 36.6 Å². The van der Waals surface area contributed by atoms with E-state index in [1.165, 1.54) is 37.5 Å². The van der Waals surface area contributed by atoms with Gasteiger partial charge in [0.05, 0.1) is 27.3 Å². The van der Waals surface area contributed by atoms with Crippen molar-refractivity contribution in [3.05, 3.63) is 90.8 Å². The molecule has 0 bridgehead atoms. The third-order valence-corrected chi connectivity index (χ3v) is 6.70. The first-order chi connectivity index (χ1) is 17.2. The Morgan fingerprint density at radius 1 is 0.972 bits per heavy atom. The first-order valence-corrected chi connectivity index (χ1v) is 12.2. The molecule has 1 fully saturated rings. The van der Waals surface area contributed by atoms with Crippen molar-refractivity contribution in [3.8, 4) is 11.5 Å². The van der Waals surface area contributed by atoms with Crippen LogP contribution in [0.3, 0.4) is 0 Å². The number of carbonyl (C=O) groups excluding carboxylic acids is 3. The van der Waals surface area contributed by atoms with Crippen molar-refractivity contribution in [1.29, 1.82) is 0 Å². The minimum Gasteiger partial charge on any atom is -0.493 e. The molecule has 1 saturated heterocycles. The van der Waals surface area contributed by atoms with Gasteiger partial charge in [-0.05, 0) is 81.7 Å². The fourth-order valence-corrected chi connectivity index (χ4v) is 4.42. The SMILES string of the molecule is COc1cc(/C=C2\C(=O)NC(=O)N(c3ccc(Cl)cc3)C2=O)cc(Br)c1OCc1ccc(Cl)c(Cl)c1. The van der Waals surface area contributed by atoms with Crippen LogP contribution in [-0.4, -0.2) is 25.0 Å². The van der Waals surface area contributed by atoms with Gasteiger partial charge in [-0.15, -0.1) is 0 Å². The predicted octanol–water partition coefficient (Wildman–Crippen LogP) is 6.66. The zero-order valence-electron chi connectivity index (χ0n) is 18.5. The largest absolute Gasteiger partial charge is 0.493 e. The van der Waals surface area contributed by atoms with Gasteiger partial charge in [0, 0.05) is 5.02 Å². The molecule has 3 aromatic rings. The fraction of sp³-hybridized carbons (Fsp3) is 0.0800. The Morgan fingerprint density at radius 2 is 1.69 bits per heavy atom. The number of carbonyl (C=O) groups is 3. The van der Waals surface area contributed by atoms with Crippen molar-refractivity contribution in [3.63, 3.8) is 0 Å². The average Bonchev–Trinajstić information content (AvgIpc) is 2.84. The summed E-state index contributed by atoms with van der Waals surface area (Å²) in [4.78, 5) is 38.9. The van der Waals surface area contributed by atoms with Gasteiger partial charge < -0.3 is 9.47 Å². The monoisotopic (exact) mass is 608 g/mol. The summed E-state index contributed by atoms with van der Waals surface area (Å²) in [6.45, 7) is 0.186. The summed E-state index contributed by atoms with van der Waals surface area (Å²) in [5.74, 6) is -0.833. The summed E-state index contributed by atoms with van der Waals surface area (Å²) in [6.07, 6.45) is 1.36. The van der Waals surface area contributed by atoms with E-state index in [1.54, 1.807) is 30.3 Å². The second kappa shape index (κ2) is 10.9. The maximum Gasteiger partial charge on any atom is 0.335 e. The molecule has 0 atom stereocenters. The van der Waals surface area contributed by atoms with Crippen molar-refractivity contribution in [2.45, 2.75) is 6.61 Å². The van der Waals surface area contributed by atoms with Crippen LogP contribution in [0.25, 0.3) is 6.08 Å². The molecule has 4 rings (SSSR count). The van der Waals surface area contributed by atoms with Crippen LogP contribution in [0.1, 0.15) is 11.1 Å². The minimum absolute atomic E-state index is 0.186. The van der Waals surface area contributed by atoms with Gasteiger partial charge in [0.15, 0.2) is 11.5 Å². The van der Waals surface area contributed by atoms with E-state index in [2.05, 4.69) is 21.2 Å². The second-order valence-corrected chi connectivity index (χ2v) is 9.61. The highest BCUT2D eigenvalue weighted by Gasteiger charge is 2.36. The zero-order chi connectivity index (χ0) is 26.0. The number of anilines is 1. The number of hydrogen-bond acceptors (Lipinski definition) is 5. The number of ether oxygens (including phenoxy) is 2. The van der Waals surface area contributed by atoms with E-state index >= 15 is 0 Å². The third-order valence-electron chi connectivity index (χ3n) is 5.12. The number of nitrogens with zero attached hydrogens (tertiary/aromatic N) is 1. The van der Waals surface area contributed by atoms with Crippen LogP contribution in [0.15, 0.2) is 64.6 Å². The molecule has 4 amide bonds. The first-order valence-electron chi connectivity index (χ1n) is 10.3. The van der Waals surface area contributed by atoms with Gasteiger partial charge in [0.25, 0.3) is 11.8 Å². The molecule has 11 heteroatoms. The topological polar surface area (TPSA) is 84.9 Å². The van der Waals surface area contributed by atoms with Gasteiger partial charge in [0.2, 0.25) is 0 Å². The molecule has 1 aliphatic rings. The first kappa shape index (κ1) is 26.0. The van der Waals surface area contributed by atoms with Gasteiger partial charge in [-0.25, -0.2) is 9.69 Å². The summed E-state index contributed by atoms with van der Waals surface area (Å²) in [5, 5.41) is 3.47. The number of rotatable bonds is 6. The second-order valence-electron chi connectivity index (χ2n) is 7.51. The van der Waals surface area contributed by atoms with Gasteiger partial charge in [0.1, 0.15) is 12.2 Å². The lowest BCUT2D eigenvalue weighted by atomic mass is 10.1. The van der Waals surface area contributed by atoms with Crippen LogP contribution in [0, 0.1) is 0 Å². The summed E-state index contributed by atoms with van der Waals surface area (Å²) < 4.78 is 11.9. The zero-order valence-corrected chi connectivity index (χ0v) is 22.3. The van der Waals surface area contributed by atoms with Crippen molar-refractivity contribution >= 4 is 80.3 Å². The molecule has 0 radical (unpaired) electrons. The van der Waals surface area contributed by atoms with Crippen molar-refractivity contribution in [2.24, 2.45) is 0 Å². The van der Waals surface area contributed by atoms with Crippen molar-refractivity contribution in [2.75, 3.05) is 12.0 Å². The Bertz CT molecular complexity index is 1410. The molecule has 7 nitrogen and oxygen atoms in total. The Morgan fingerprint density at radius 3 is 2.36 bits per heavy atom. The molecule has 0 unspecified atom stereocenters. The van der Waals surface area contributed by atoms with Crippen LogP contribution in [-0.2, 0) is 16.2 Å². The number of barbiturate groups is 1. The van der Waals surface area contributed by atoms with E-state index in [-0.39, 0.29) is 17.9 Å². The summed E-state index contributed by atoms with van der Waals surface area (Å²) >= 11 is 21.4. The number of hydrogen-bond donors (Lipinski definition) is 1. The molecule has 1 aliphatic heterocycles. The number of benzene rings is 3. The van der Waals surface area contributed by atoms with E-state index in [1.807, 2.05) is 0 Å². The molecule has 0 aromatic heterocycles. The number of imide groups is 2. The molecule has 0 aliphatic carbocycles. The summed E-state index contributed by atoms with van der Waals surface area (Å²) in [7, 11) is 1.46. The predicted molar refractivity (Wildman–Crippen MR) is 142 cm³/mol. The van der Waals surface area contributed by atoms with Gasteiger partial charge in [-0.2, -0.15) is 0 Å². The van der Waals surface area contributed by atoms with E-state index in [4.69, 9.17) is 44.3 Å². The lowest BCUT2D eigenvalue weighted by Gasteiger charge is -2.26. The quantitative estimate of drug-likeness (QED) is 0.249. The number of methoxy groups -OCH3 is 1. The van der Waals surface area contributed by atoms with Crippen LogP contribution in [0.4, 0.5) is 10.5 Å². The summed E-state index contributed by atoms with van der Waals surface area (Å²) in [6, 6.07) is 13.7. The number of nitrogens with one attached hydrogen (secondary N) is 1. The highest BCUT2D eigenvalue weighted by molar-refractivity contribution is 9.10. The molecule has 36 heavy (non-hydrogen) atoms. The number of halogens is 4. The summed E-state index contributed by atoms with van der Waals surface area (Å²) in [5.41, 5.74) is 1.29. The van der Waals surface area contributed by atoms with Crippen LogP contribution < -0.4 is 19.7 Å². The van der Waals surface area contributed by atoms with Crippen molar-refractivity contribution in [1.82, 2.24) is 5.32 Å². The molecular weight excluding hydrogens is 595 g/mol. The Hall–Kier alpha value is -3.04. The molecular formula is C25H16BrCl3N2O5. The molecule has 0 spiro atoms. The van der Waals surface area contributed by atoms with E-state index in [0.717, 1.165) is 10.5 Å². The Balaban J connectivity index is 1.63. The molecule has 1 heterocycles. The van der Waals surface area contributed by atoms with Crippen molar-refractivity contribution < 1.29 is 23.9 Å². The third kappa shape index (κ3) is 5.52. The molecule has 184 valence electrons. The van der Waals surface area contributed by atoms with Gasteiger partial charge in [-0.1, -0.05) is 40.9 Å². The Kier molecular flexibility index (Phi) is 7.90. The standard InChI is InChI=1S/C25H16BrCl3N2O5/c1-35-21-11-14(9-18(26)22(21)36-12-13-2-7-19(28)20(29)10-13)8-17-23(32)30-25(34)31(24(17)33)16-5-3-15(27)4-6-16/h2-11H,12H2,1H3,(H,30,32,34)/b17-8+. The lowest BCUT2D eigenvalue weighted by Crippen LogP contribution is -2.54. The van der Waals surface area contributed by atoms with Crippen LogP contribution in [0.5, 0.6) is 11.5 Å². The highest BCUT2D eigenvalue weighted by Crippen LogP contribution is 2.38. The number of urea groups is 1. The van der Waals surface area contributed by atoms with Gasteiger partial charge in [-0.3, -0.25) is 14.9 Å². The van der Waals surface area contributed by atoms with E-state index in [9.17, 15) is 14.4 Å². The fourth-order valence-electron chi connectivity index (χ4n) is 3.40. The molecule has 0 saturated carbocycles. The average molecular weight is 611 g/mol. The normalized spacial score (nSPS) is 14.8. The maximum atomic E-state index is 13.1. The maximum absolute atomic E-state index is 13.1. The highest BCUT2D eigenvalue weighted by atomic mass is 79.9. The molecule has 3 aromatic carbocycles. The minimum atomic E-state index is -0.853.